The van der Waals surface area contributed by atoms with Crippen LogP contribution in [0, 0.1) is 0 Å². The van der Waals surface area contributed by atoms with Crippen molar-refractivity contribution in [3.05, 3.63) is 45.9 Å². The van der Waals surface area contributed by atoms with E-state index >= 15 is 0 Å². The summed E-state index contributed by atoms with van der Waals surface area (Å²) < 4.78 is 39.2. The molecule has 0 aliphatic carbocycles. The lowest BCUT2D eigenvalue weighted by molar-refractivity contribution is -0.137. The number of halogens is 3. The highest BCUT2D eigenvalue weighted by atomic mass is 19.4. The van der Waals surface area contributed by atoms with Crippen LogP contribution in [0.15, 0.2) is 29.1 Å². The fourth-order valence-electron chi connectivity index (χ4n) is 2.37. The third-order valence-electron chi connectivity index (χ3n) is 3.20. The molecule has 104 valence electrons. The van der Waals surface area contributed by atoms with E-state index in [2.05, 4.69) is 15.3 Å². The minimum atomic E-state index is -4.48. The molecular weight excluding hydrogens is 271 g/mol. The third kappa shape index (κ3) is 2.04. The van der Waals surface area contributed by atoms with Crippen LogP contribution in [-0.4, -0.2) is 16.5 Å². The second-order valence-corrected chi connectivity index (χ2v) is 4.46. The van der Waals surface area contributed by atoms with E-state index in [0.29, 0.717) is 24.3 Å². The lowest BCUT2D eigenvalue weighted by Crippen LogP contribution is -2.15. The van der Waals surface area contributed by atoms with Crippen LogP contribution in [0.2, 0.25) is 0 Å². The van der Waals surface area contributed by atoms with Crippen molar-refractivity contribution >= 4 is 5.82 Å². The topological polar surface area (TPSA) is 57.8 Å². The zero-order valence-electron chi connectivity index (χ0n) is 10.2. The average molecular weight is 281 g/mol. The number of nitrogens with zero attached hydrogens (tertiary/aromatic N) is 1. The molecule has 2 aromatic rings. The van der Waals surface area contributed by atoms with Gasteiger partial charge in [-0.15, -0.1) is 0 Å². The zero-order chi connectivity index (χ0) is 14.3. The number of benzene rings is 1. The molecule has 3 rings (SSSR count). The summed E-state index contributed by atoms with van der Waals surface area (Å²) in [5.41, 5.74) is -0.653. The summed E-state index contributed by atoms with van der Waals surface area (Å²) in [5.74, 6) is 0.362. The number of aromatic amines is 1. The van der Waals surface area contributed by atoms with Crippen molar-refractivity contribution in [1.82, 2.24) is 9.97 Å². The van der Waals surface area contributed by atoms with Crippen LogP contribution >= 0.6 is 0 Å². The molecule has 20 heavy (non-hydrogen) atoms. The number of hydrogen-bond donors (Lipinski definition) is 2. The smallest absolute Gasteiger partial charge is 0.369 e. The van der Waals surface area contributed by atoms with Crippen molar-refractivity contribution in [2.24, 2.45) is 0 Å². The first-order valence-electron chi connectivity index (χ1n) is 6.00. The molecule has 7 heteroatoms. The number of hydrogen-bond acceptors (Lipinski definition) is 3. The molecule has 2 heterocycles. The molecule has 0 fully saturated rings. The van der Waals surface area contributed by atoms with Crippen molar-refractivity contribution in [3.8, 4) is 11.3 Å². The van der Waals surface area contributed by atoms with Gasteiger partial charge in [0.15, 0.2) is 0 Å². The van der Waals surface area contributed by atoms with E-state index in [9.17, 15) is 18.0 Å². The molecule has 1 aliphatic rings. The predicted octanol–water partition coefficient (Wildman–Crippen LogP) is 2.42. The van der Waals surface area contributed by atoms with Gasteiger partial charge in [-0.3, -0.25) is 0 Å². The van der Waals surface area contributed by atoms with Crippen molar-refractivity contribution in [1.29, 1.82) is 0 Å². The standard InChI is InChI=1S/C13H10F3N3O/c14-13(15,16)9-4-2-1-3-7(9)10-8-5-6-17-11(8)19-12(20)18-10/h1-4H,5-6H2,(H2,17,18,19,20). The summed E-state index contributed by atoms with van der Waals surface area (Å²) in [4.78, 5) is 17.7. The van der Waals surface area contributed by atoms with E-state index in [-0.39, 0.29) is 11.3 Å². The molecule has 0 spiro atoms. The average Bonchev–Trinajstić information content (AvgIpc) is 2.84. The van der Waals surface area contributed by atoms with Gasteiger partial charge in [0.05, 0.1) is 11.3 Å². The second-order valence-electron chi connectivity index (χ2n) is 4.46. The first-order valence-corrected chi connectivity index (χ1v) is 6.00. The van der Waals surface area contributed by atoms with Crippen LogP contribution in [0.5, 0.6) is 0 Å². The van der Waals surface area contributed by atoms with Crippen LogP contribution in [0.3, 0.4) is 0 Å². The number of fused-ring (bicyclic) bond motifs is 1. The molecule has 4 nitrogen and oxygen atoms in total. The van der Waals surface area contributed by atoms with Crippen LogP contribution in [0.25, 0.3) is 11.3 Å². The number of rotatable bonds is 1. The molecule has 0 unspecified atom stereocenters. The Hall–Kier alpha value is -2.31. The molecule has 0 atom stereocenters. The number of nitrogens with one attached hydrogen (secondary N) is 2. The van der Waals surface area contributed by atoms with Crippen LogP contribution in [0.4, 0.5) is 19.0 Å². The minimum absolute atomic E-state index is 0.0283. The lowest BCUT2D eigenvalue weighted by atomic mass is 10.00. The number of alkyl halides is 3. The Kier molecular flexibility index (Phi) is 2.77. The summed E-state index contributed by atoms with van der Waals surface area (Å²) in [6, 6.07) is 5.19. The first-order chi connectivity index (χ1) is 9.47. The maximum absolute atomic E-state index is 13.1. The molecule has 1 aromatic carbocycles. The highest BCUT2D eigenvalue weighted by Crippen LogP contribution is 2.38. The monoisotopic (exact) mass is 281 g/mol. The Balaban J connectivity index is 2.28. The maximum Gasteiger partial charge on any atom is 0.417 e. The van der Waals surface area contributed by atoms with E-state index in [1.807, 2.05) is 0 Å². The fourth-order valence-corrected chi connectivity index (χ4v) is 2.37. The van der Waals surface area contributed by atoms with E-state index < -0.39 is 17.4 Å². The van der Waals surface area contributed by atoms with Crippen molar-refractivity contribution < 1.29 is 13.2 Å². The molecular formula is C13H10F3N3O. The van der Waals surface area contributed by atoms with E-state index in [4.69, 9.17) is 0 Å². The largest absolute Gasteiger partial charge is 0.417 e. The van der Waals surface area contributed by atoms with Crippen LogP contribution < -0.4 is 11.0 Å². The minimum Gasteiger partial charge on any atom is -0.369 e. The van der Waals surface area contributed by atoms with Gasteiger partial charge in [-0.25, -0.2) is 4.79 Å². The Bertz CT molecular complexity index is 722. The highest BCUT2D eigenvalue weighted by molar-refractivity contribution is 5.72. The molecule has 1 aromatic heterocycles. The summed E-state index contributed by atoms with van der Waals surface area (Å²) in [7, 11) is 0. The Morgan fingerprint density at radius 3 is 2.70 bits per heavy atom. The van der Waals surface area contributed by atoms with Crippen molar-refractivity contribution in [3.63, 3.8) is 0 Å². The van der Waals surface area contributed by atoms with Gasteiger partial charge in [-0.2, -0.15) is 18.2 Å². The normalized spacial score (nSPS) is 13.9. The van der Waals surface area contributed by atoms with Gasteiger partial charge < -0.3 is 10.3 Å². The van der Waals surface area contributed by atoms with Gasteiger partial charge >= 0.3 is 11.9 Å². The summed E-state index contributed by atoms with van der Waals surface area (Å²) in [5, 5.41) is 2.90. The molecule has 1 aliphatic heterocycles. The summed E-state index contributed by atoms with van der Waals surface area (Å²) >= 11 is 0. The van der Waals surface area contributed by atoms with E-state index in [0.717, 1.165) is 6.07 Å². The number of H-pyrrole nitrogens is 1. The van der Waals surface area contributed by atoms with Gasteiger partial charge in [0.2, 0.25) is 0 Å². The Morgan fingerprint density at radius 2 is 1.95 bits per heavy atom. The second kappa shape index (κ2) is 4.36. The first kappa shape index (κ1) is 12.7. The summed E-state index contributed by atoms with van der Waals surface area (Å²) in [6.45, 7) is 0.556. The Labute approximate surface area is 111 Å². The van der Waals surface area contributed by atoms with Gasteiger partial charge in [0.1, 0.15) is 5.82 Å². The van der Waals surface area contributed by atoms with Gasteiger partial charge in [-0.05, 0) is 12.5 Å². The number of anilines is 1. The van der Waals surface area contributed by atoms with Crippen molar-refractivity contribution in [2.45, 2.75) is 12.6 Å². The Morgan fingerprint density at radius 1 is 1.20 bits per heavy atom. The van der Waals surface area contributed by atoms with E-state index in [1.54, 1.807) is 0 Å². The van der Waals surface area contributed by atoms with Crippen molar-refractivity contribution in [2.75, 3.05) is 11.9 Å². The molecule has 0 saturated heterocycles. The van der Waals surface area contributed by atoms with E-state index in [1.165, 1.54) is 18.2 Å². The van der Waals surface area contributed by atoms with Crippen LogP contribution in [0.1, 0.15) is 11.1 Å². The van der Waals surface area contributed by atoms with Crippen LogP contribution in [-0.2, 0) is 12.6 Å². The summed E-state index contributed by atoms with van der Waals surface area (Å²) in [6.07, 6.45) is -3.95. The third-order valence-corrected chi connectivity index (χ3v) is 3.20. The fraction of sp³-hybridized carbons (Fsp3) is 0.231. The zero-order valence-corrected chi connectivity index (χ0v) is 10.2. The maximum atomic E-state index is 13.1. The number of aromatic nitrogens is 2. The SMILES string of the molecule is O=c1nc2c(c(-c3ccccc3C(F)(F)F)[nH]1)CCN2. The molecule has 0 saturated carbocycles. The highest BCUT2D eigenvalue weighted by Gasteiger charge is 2.34. The quantitative estimate of drug-likeness (QED) is 0.844. The molecule has 0 radical (unpaired) electrons. The van der Waals surface area contributed by atoms with Gasteiger partial charge in [-0.1, -0.05) is 18.2 Å². The van der Waals surface area contributed by atoms with Gasteiger partial charge in [0.25, 0.3) is 0 Å². The lowest BCUT2D eigenvalue weighted by Gasteiger charge is -2.14. The van der Waals surface area contributed by atoms with Gasteiger partial charge in [0, 0.05) is 17.7 Å². The molecule has 0 bridgehead atoms. The molecule has 0 amide bonds. The molecule has 2 N–H and O–H groups in total. The predicted molar refractivity (Wildman–Crippen MR) is 67.5 cm³/mol.